The zero-order chi connectivity index (χ0) is 14.9. The molecule has 1 aliphatic rings. The van der Waals surface area contributed by atoms with Gasteiger partial charge in [-0.2, -0.15) is 0 Å². The third-order valence-corrected chi connectivity index (χ3v) is 3.97. The van der Waals surface area contributed by atoms with Crippen LogP contribution in [0, 0.1) is 5.92 Å². The SMILES string of the molecule is O=C(Nc1ccncc1)c1cn(CC2CC2)c2ncccc12. The van der Waals surface area contributed by atoms with E-state index in [1.54, 1.807) is 30.7 Å². The molecule has 0 radical (unpaired) electrons. The molecule has 1 saturated carbocycles. The largest absolute Gasteiger partial charge is 0.331 e. The summed E-state index contributed by atoms with van der Waals surface area (Å²) in [7, 11) is 0. The quantitative estimate of drug-likeness (QED) is 0.804. The van der Waals surface area contributed by atoms with Gasteiger partial charge in [-0.25, -0.2) is 4.98 Å². The molecule has 110 valence electrons. The highest BCUT2D eigenvalue weighted by Crippen LogP contribution is 2.32. The molecular formula is C17H16N4O. The second-order valence-electron chi connectivity index (χ2n) is 5.70. The molecule has 1 amide bonds. The molecule has 0 saturated heterocycles. The Kier molecular flexibility index (Phi) is 3.11. The second-order valence-corrected chi connectivity index (χ2v) is 5.70. The highest BCUT2D eigenvalue weighted by atomic mass is 16.1. The molecule has 0 atom stereocenters. The van der Waals surface area contributed by atoms with E-state index in [0.717, 1.165) is 29.2 Å². The van der Waals surface area contributed by atoms with E-state index in [9.17, 15) is 4.79 Å². The van der Waals surface area contributed by atoms with Crippen LogP contribution >= 0.6 is 0 Å². The number of hydrogen-bond donors (Lipinski definition) is 1. The van der Waals surface area contributed by atoms with Crippen LogP contribution in [0.2, 0.25) is 0 Å². The van der Waals surface area contributed by atoms with Crippen LogP contribution in [0.1, 0.15) is 23.2 Å². The first-order chi connectivity index (χ1) is 10.8. The Morgan fingerprint density at radius 3 is 2.82 bits per heavy atom. The average molecular weight is 292 g/mol. The lowest BCUT2D eigenvalue weighted by molar-refractivity contribution is 0.102. The van der Waals surface area contributed by atoms with E-state index in [4.69, 9.17) is 0 Å². The fourth-order valence-corrected chi connectivity index (χ4v) is 2.65. The molecule has 4 rings (SSSR count). The summed E-state index contributed by atoms with van der Waals surface area (Å²) in [5.74, 6) is 0.618. The average Bonchev–Trinajstić information content (AvgIpc) is 3.29. The predicted molar refractivity (Wildman–Crippen MR) is 84.6 cm³/mol. The van der Waals surface area contributed by atoms with E-state index in [2.05, 4.69) is 19.9 Å². The Morgan fingerprint density at radius 2 is 2.05 bits per heavy atom. The number of fused-ring (bicyclic) bond motifs is 1. The van der Waals surface area contributed by atoms with Gasteiger partial charge in [0.25, 0.3) is 5.91 Å². The zero-order valence-electron chi connectivity index (χ0n) is 12.1. The highest BCUT2D eigenvalue weighted by Gasteiger charge is 2.24. The molecule has 0 bridgehead atoms. The van der Waals surface area contributed by atoms with Crippen LogP contribution < -0.4 is 5.32 Å². The fourth-order valence-electron chi connectivity index (χ4n) is 2.65. The predicted octanol–water partition coefficient (Wildman–Crippen LogP) is 3.09. The van der Waals surface area contributed by atoms with E-state index in [-0.39, 0.29) is 5.91 Å². The molecule has 3 heterocycles. The third-order valence-electron chi connectivity index (χ3n) is 3.97. The summed E-state index contributed by atoms with van der Waals surface area (Å²) in [6.07, 6.45) is 9.56. The number of aromatic nitrogens is 3. The maximum absolute atomic E-state index is 12.6. The van der Waals surface area contributed by atoms with Crippen molar-refractivity contribution in [3.05, 3.63) is 54.6 Å². The molecule has 1 fully saturated rings. The minimum absolute atomic E-state index is 0.112. The van der Waals surface area contributed by atoms with Gasteiger partial charge in [0.2, 0.25) is 0 Å². The number of amides is 1. The topological polar surface area (TPSA) is 59.8 Å². The third kappa shape index (κ3) is 2.45. The van der Waals surface area contributed by atoms with E-state index in [1.165, 1.54) is 12.8 Å². The van der Waals surface area contributed by atoms with E-state index in [0.29, 0.717) is 5.56 Å². The normalized spacial score (nSPS) is 14.2. The molecule has 5 heteroatoms. The van der Waals surface area contributed by atoms with Crippen LogP contribution in [0.4, 0.5) is 5.69 Å². The number of nitrogens with zero attached hydrogens (tertiary/aromatic N) is 3. The number of anilines is 1. The van der Waals surface area contributed by atoms with Crippen molar-refractivity contribution in [1.82, 2.24) is 14.5 Å². The molecular weight excluding hydrogens is 276 g/mol. The summed E-state index contributed by atoms with van der Waals surface area (Å²) in [5.41, 5.74) is 2.29. The minimum Gasteiger partial charge on any atom is -0.331 e. The Hall–Kier alpha value is -2.69. The van der Waals surface area contributed by atoms with Gasteiger partial charge in [-0.3, -0.25) is 9.78 Å². The van der Waals surface area contributed by atoms with Crippen molar-refractivity contribution in [3.63, 3.8) is 0 Å². The van der Waals surface area contributed by atoms with Gasteiger partial charge in [0.15, 0.2) is 0 Å². The van der Waals surface area contributed by atoms with Crippen molar-refractivity contribution in [1.29, 1.82) is 0 Å². The van der Waals surface area contributed by atoms with Crippen LogP contribution in [0.15, 0.2) is 49.1 Å². The van der Waals surface area contributed by atoms with Gasteiger partial charge < -0.3 is 9.88 Å². The molecule has 3 aromatic heterocycles. The number of hydrogen-bond acceptors (Lipinski definition) is 3. The molecule has 3 aromatic rings. The molecule has 0 aromatic carbocycles. The number of carbonyl (C=O) groups is 1. The van der Waals surface area contributed by atoms with E-state index in [1.807, 2.05) is 18.3 Å². The number of nitrogens with one attached hydrogen (secondary N) is 1. The fraction of sp³-hybridized carbons (Fsp3) is 0.235. The number of rotatable bonds is 4. The summed E-state index contributed by atoms with van der Waals surface area (Å²) in [6, 6.07) is 7.37. The second kappa shape index (κ2) is 5.26. The van der Waals surface area contributed by atoms with Gasteiger partial charge in [0.05, 0.1) is 5.56 Å². The van der Waals surface area contributed by atoms with Crippen LogP contribution in [0.5, 0.6) is 0 Å². The monoisotopic (exact) mass is 292 g/mol. The van der Waals surface area contributed by atoms with Crippen molar-refractivity contribution in [3.8, 4) is 0 Å². The van der Waals surface area contributed by atoms with Crippen molar-refractivity contribution < 1.29 is 4.79 Å². The minimum atomic E-state index is -0.112. The van der Waals surface area contributed by atoms with Gasteiger partial charge in [-0.05, 0) is 43.0 Å². The summed E-state index contributed by atoms with van der Waals surface area (Å²) in [5, 5.41) is 3.81. The standard InChI is InChI=1S/C17H16N4O/c22-17(20-13-5-8-18-9-6-13)15-11-21(10-12-3-4-12)16-14(15)2-1-7-19-16/h1-2,5-9,11-12H,3-4,10H2,(H,18,20,22). The first kappa shape index (κ1) is 13.0. The Balaban J connectivity index is 1.69. The van der Waals surface area contributed by atoms with Crippen molar-refractivity contribution in [2.24, 2.45) is 5.92 Å². The van der Waals surface area contributed by atoms with Gasteiger partial charge >= 0.3 is 0 Å². The molecule has 22 heavy (non-hydrogen) atoms. The van der Waals surface area contributed by atoms with Crippen LogP contribution in [-0.4, -0.2) is 20.4 Å². The van der Waals surface area contributed by atoms with Crippen LogP contribution in [-0.2, 0) is 6.54 Å². The summed E-state index contributed by atoms with van der Waals surface area (Å²) in [6.45, 7) is 0.941. The van der Waals surface area contributed by atoms with Gasteiger partial charge in [-0.15, -0.1) is 0 Å². The van der Waals surface area contributed by atoms with Crippen molar-refractivity contribution in [2.75, 3.05) is 5.32 Å². The van der Waals surface area contributed by atoms with E-state index < -0.39 is 0 Å². The highest BCUT2D eigenvalue weighted by molar-refractivity contribution is 6.12. The molecule has 0 spiro atoms. The molecule has 1 aliphatic carbocycles. The maximum Gasteiger partial charge on any atom is 0.257 e. The van der Waals surface area contributed by atoms with Gasteiger partial charge in [0.1, 0.15) is 5.65 Å². The summed E-state index contributed by atoms with van der Waals surface area (Å²) < 4.78 is 2.11. The number of carbonyl (C=O) groups excluding carboxylic acids is 1. The zero-order valence-corrected chi connectivity index (χ0v) is 12.1. The Bertz CT molecular complexity index is 821. The molecule has 1 N–H and O–H groups in total. The van der Waals surface area contributed by atoms with Crippen LogP contribution in [0.25, 0.3) is 11.0 Å². The van der Waals surface area contributed by atoms with Crippen molar-refractivity contribution >= 4 is 22.6 Å². The van der Waals surface area contributed by atoms with Gasteiger partial charge in [-0.1, -0.05) is 0 Å². The first-order valence-corrected chi connectivity index (χ1v) is 7.46. The van der Waals surface area contributed by atoms with Gasteiger partial charge in [0, 0.05) is 42.4 Å². The van der Waals surface area contributed by atoms with Crippen LogP contribution in [0.3, 0.4) is 0 Å². The van der Waals surface area contributed by atoms with E-state index >= 15 is 0 Å². The molecule has 0 unspecified atom stereocenters. The number of pyridine rings is 2. The molecule has 5 nitrogen and oxygen atoms in total. The first-order valence-electron chi connectivity index (χ1n) is 7.46. The molecule has 0 aliphatic heterocycles. The lowest BCUT2D eigenvalue weighted by Gasteiger charge is -2.03. The summed E-state index contributed by atoms with van der Waals surface area (Å²) >= 11 is 0. The Labute approximate surface area is 128 Å². The maximum atomic E-state index is 12.6. The lowest BCUT2D eigenvalue weighted by Crippen LogP contribution is -2.11. The van der Waals surface area contributed by atoms with Crippen molar-refractivity contribution in [2.45, 2.75) is 19.4 Å². The Morgan fingerprint density at radius 1 is 1.23 bits per heavy atom. The summed E-state index contributed by atoms with van der Waals surface area (Å²) in [4.78, 5) is 21.0. The smallest absolute Gasteiger partial charge is 0.257 e. The lowest BCUT2D eigenvalue weighted by atomic mass is 10.2.